The number of anilines is 1. The molecule has 1 heterocycles. The number of halogens is 2. The molecule has 0 spiro atoms. The van der Waals surface area contributed by atoms with Gasteiger partial charge in [0.25, 0.3) is 11.5 Å². The summed E-state index contributed by atoms with van der Waals surface area (Å²) in [5.74, 6) is -1.36. The third-order valence-corrected chi connectivity index (χ3v) is 6.00. The average Bonchev–Trinajstić information content (AvgIpc) is 2.83. The first-order valence-corrected chi connectivity index (χ1v) is 11.2. The van der Waals surface area contributed by atoms with Crippen LogP contribution in [0.1, 0.15) is 17.4 Å². The standard InChI is InChI=1S/C26H20Cl2N2O4/c1-15(24(31)29-21-10-6-5-9-20(21)28)34-26(33)23-22(16-11-13-17(27)14-12-16)18-7-3-4-8-19(18)25(32)30(23)2/h3-15H,1-2H3,(H,29,31). The van der Waals surface area contributed by atoms with Crippen LogP contribution in [0.15, 0.2) is 77.6 Å². The van der Waals surface area contributed by atoms with Crippen molar-refractivity contribution >= 4 is 51.5 Å². The van der Waals surface area contributed by atoms with E-state index in [1.165, 1.54) is 18.5 Å². The molecule has 0 radical (unpaired) electrons. The second-order valence-electron chi connectivity index (χ2n) is 7.66. The van der Waals surface area contributed by atoms with Crippen molar-refractivity contribution in [3.63, 3.8) is 0 Å². The van der Waals surface area contributed by atoms with E-state index in [1.54, 1.807) is 72.8 Å². The van der Waals surface area contributed by atoms with Crippen molar-refractivity contribution in [1.29, 1.82) is 0 Å². The Kier molecular flexibility index (Phi) is 6.72. The number of fused-ring (bicyclic) bond motifs is 1. The molecule has 1 N–H and O–H groups in total. The first-order valence-electron chi connectivity index (χ1n) is 10.4. The number of esters is 1. The highest BCUT2D eigenvalue weighted by atomic mass is 35.5. The quantitative estimate of drug-likeness (QED) is 0.361. The van der Waals surface area contributed by atoms with Gasteiger partial charge in [0, 0.05) is 23.0 Å². The van der Waals surface area contributed by atoms with Gasteiger partial charge < -0.3 is 14.6 Å². The van der Waals surface area contributed by atoms with Crippen LogP contribution in [0.25, 0.3) is 21.9 Å². The predicted octanol–water partition coefficient (Wildman–Crippen LogP) is 5.70. The molecule has 172 valence electrons. The van der Waals surface area contributed by atoms with E-state index in [9.17, 15) is 14.4 Å². The van der Waals surface area contributed by atoms with Gasteiger partial charge >= 0.3 is 5.97 Å². The lowest BCUT2D eigenvalue weighted by atomic mass is 9.96. The van der Waals surface area contributed by atoms with E-state index in [0.29, 0.717) is 37.6 Å². The number of ether oxygens (including phenoxy) is 1. The molecule has 4 rings (SSSR count). The lowest BCUT2D eigenvalue weighted by Gasteiger charge is -2.19. The number of carbonyl (C=O) groups excluding carboxylic acids is 2. The van der Waals surface area contributed by atoms with Crippen molar-refractivity contribution in [3.8, 4) is 11.1 Å². The van der Waals surface area contributed by atoms with E-state index in [1.807, 2.05) is 0 Å². The topological polar surface area (TPSA) is 77.4 Å². The van der Waals surface area contributed by atoms with Gasteiger partial charge in [0.05, 0.1) is 10.7 Å². The number of para-hydroxylation sites is 1. The molecule has 1 amide bonds. The Balaban J connectivity index is 1.75. The number of amides is 1. The maximum absolute atomic E-state index is 13.3. The van der Waals surface area contributed by atoms with Gasteiger partial charge in [-0.25, -0.2) is 4.79 Å². The Hall–Kier alpha value is -3.61. The number of hydrogen-bond acceptors (Lipinski definition) is 4. The summed E-state index contributed by atoms with van der Waals surface area (Å²) < 4.78 is 6.74. The number of benzene rings is 3. The first-order chi connectivity index (χ1) is 16.3. The summed E-state index contributed by atoms with van der Waals surface area (Å²) in [6.45, 7) is 1.45. The van der Waals surface area contributed by atoms with Crippen molar-refractivity contribution in [3.05, 3.63) is 98.9 Å². The molecule has 0 aliphatic rings. The fourth-order valence-electron chi connectivity index (χ4n) is 3.68. The lowest BCUT2D eigenvalue weighted by Crippen LogP contribution is -2.33. The minimum absolute atomic E-state index is 0.0309. The minimum atomic E-state index is -1.15. The van der Waals surface area contributed by atoms with Gasteiger partial charge in [0.15, 0.2) is 6.10 Å². The molecule has 0 saturated carbocycles. The van der Waals surface area contributed by atoms with E-state index in [-0.39, 0.29) is 11.3 Å². The van der Waals surface area contributed by atoms with Gasteiger partial charge in [0.1, 0.15) is 5.69 Å². The molecule has 4 aromatic rings. The number of nitrogens with one attached hydrogen (secondary N) is 1. The molecule has 0 fully saturated rings. The summed E-state index contributed by atoms with van der Waals surface area (Å²) in [6, 6.07) is 20.7. The second kappa shape index (κ2) is 9.71. The summed E-state index contributed by atoms with van der Waals surface area (Å²) in [6.07, 6.45) is -1.15. The summed E-state index contributed by atoms with van der Waals surface area (Å²) >= 11 is 12.2. The Morgan fingerprint density at radius 3 is 2.21 bits per heavy atom. The predicted molar refractivity (Wildman–Crippen MR) is 135 cm³/mol. The Labute approximate surface area is 205 Å². The third-order valence-electron chi connectivity index (χ3n) is 5.41. The number of pyridine rings is 1. The van der Waals surface area contributed by atoms with Crippen LogP contribution in [0.4, 0.5) is 5.69 Å². The fourth-order valence-corrected chi connectivity index (χ4v) is 3.99. The zero-order valence-corrected chi connectivity index (χ0v) is 19.9. The van der Waals surface area contributed by atoms with E-state index >= 15 is 0 Å². The van der Waals surface area contributed by atoms with Crippen LogP contribution < -0.4 is 10.9 Å². The third kappa shape index (κ3) is 4.55. The molecule has 1 atom stereocenters. The van der Waals surface area contributed by atoms with Crippen LogP contribution in [-0.2, 0) is 16.6 Å². The highest BCUT2D eigenvalue weighted by molar-refractivity contribution is 6.33. The Morgan fingerprint density at radius 1 is 0.912 bits per heavy atom. The summed E-state index contributed by atoms with van der Waals surface area (Å²) in [4.78, 5) is 39.0. The number of hydrogen-bond donors (Lipinski definition) is 1. The zero-order chi connectivity index (χ0) is 24.4. The van der Waals surface area contributed by atoms with Crippen LogP contribution in [0.3, 0.4) is 0 Å². The van der Waals surface area contributed by atoms with Gasteiger partial charge in [-0.1, -0.05) is 65.7 Å². The van der Waals surface area contributed by atoms with Crippen molar-refractivity contribution in [1.82, 2.24) is 4.57 Å². The maximum Gasteiger partial charge on any atom is 0.356 e. The van der Waals surface area contributed by atoms with E-state index < -0.39 is 18.0 Å². The zero-order valence-electron chi connectivity index (χ0n) is 18.3. The molecular formula is C26H20Cl2N2O4. The fraction of sp³-hybridized carbons (Fsp3) is 0.115. The van der Waals surface area contributed by atoms with Crippen LogP contribution in [0.5, 0.6) is 0 Å². The molecule has 0 aliphatic heterocycles. The maximum atomic E-state index is 13.3. The molecule has 1 aromatic heterocycles. The molecule has 1 unspecified atom stereocenters. The monoisotopic (exact) mass is 494 g/mol. The molecule has 3 aromatic carbocycles. The number of carbonyl (C=O) groups is 2. The van der Waals surface area contributed by atoms with Gasteiger partial charge in [-0.05, 0) is 48.2 Å². The highest BCUT2D eigenvalue weighted by Crippen LogP contribution is 2.32. The van der Waals surface area contributed by atoms with Crippen molar-refractivity contribution in [2.24, 2.45) is 7.05 Å². The van der Waals surface area contributed by atoms with Crippen molar-refractivity contribution in [2.75, 3.05) is 5.32 Å². The van der Waals surface area contributed by atoms with Gasteiger partial charge in [-0.3, -0.25) is 9.59 Å². The van der Waals surface area contributed by atoms with Crippen LogP contribution >= 0.6 is 23.2 Å². The summed E-state index contributed by atoms with van der Waals surface area (Å²) in [5, 5.41) is 4.58. The Morgan fingerprint density at radius 2 is 1.53 bits per heavy atom. The second-order valence-corrected chi connectivity index (χ2v) is 8.50. The SMILES string of the molecule is CC(OC(=O)c1c(-c2ccc(Cl)cc2)c2ccccc2c(=O)n1C)C(=O)Nc1ccccc1Cl. The highest BCUT2D eigenvalue weighted by Gasteiger charge is 2.26. The average molecular weight is 495 g/mol. The molecule has 0 bridgehead atoms. The molecule has 8 heteroatoms. The lowest BCUT2D eigenvalue weighted by molar-refractivity contribution is -0.123. The van der Waals surface area contributed by atoms with E-state index in [4.69, 9.17) is 27.9 Å². The van der Waals surface area contributed by atoms with Crippen molar-refractivity contribution < 1.29 is 14.3 Å². The number of aromatic nitrogens is 1. The van der Waals surface area contributed by atoms with Crippen molar-refractivity contribution in [2.45, 2.75) is 13.0 Å². The summed E-state index contributed by atoms with van der Waals surface area (Å²) in [7, 11) is 1.50. The number of nitrogens with zero attached hydrogens (tertiary/aromatic N) is 1. The summed E-state index contributed by atoms with van der Waals surface area (Å²) in [5.41, 5.74) is 1.27. The number of rotatable bonds is 5. The molecule has 6 nitrogen and oxygen atoms in total. The molecule has 0 aliphatic carbocycles. The molecular weight excluding hydrogens is 475 g/mol. The Bertz CT molecular complexity index is 1460. The van der Waals surface area contributed by atoms with E-state index in [0.717, 1.165) is 0 Å². The smallest absolute Gasteiger partial charge is 0.356 e. The van der Waals surface area contributed by atoms with Gasteiger partial charge in [-0.2, -0.15) is 0 Å². The van der Waals surface area contributed by atoms with Crippen LogP contribution in [-0.4, -0.2) is 22.5 Å². The van der Waals surface area contributed by atoms with E-state index in [2.05, 4.69) is 5.32 Å². The first kappa shape index (κ1) is 23.5. The molecule has 0 saturated heterocycles. The van der Waals surface area contributed by atoms with Gasteiger partial charge in [0.2, 0.25) is 0 Å². The minimum Gasteiger partial charge on any atom is -0.448 e. The van der Waals surface area contributed by atoms with Gasteiger partial charge in [-0.15, -0.1) is 0 Å². The van der Waals surface area contributed by atoms with Crippen LogP contribution in [0.2, 0.25) is 10.0 Å². The molecule has 34 heavy (non-hydrogen) atoms. The largest absolute Gasteiger partial charge is 0.448 e. The van der Waals surface area contributed by atoms with Crippen LogP contribution in [0, 0.1) is 0 Å². The normalized spacial score (nSPS) is 11.8.